The zero-order valence-electron chi connectivity index (χ0n) is 15.1. The minimum absolute atomic E-state index is 0.0137. The van der Waals surface area contributed by atoms with E-state index in [2.05, 4.69) is 17.0 Å². The summed E-state index contributed by atoms with van der Waals surface area (Å²) >= 11 is 0. The molecule has 0 bridgehead atoms. The van der Waals surface area contributed by atoms with Gasteiger partial charge >= 0.3 is 0 Å². The number of carbonyl (C=O) groups is 2. The Morgan fingerprint density at radius 1 is 1.04 bits per heavy atom. The summed E-state index contributed by atoms with van der Waals surface area (Å²) < 4.78 is 5.90. The van der Waals surface area contributed by atoms with Crippen LogP contribution in [-0.4, -0.2) is 78.4 Å². The highest BCUT2D eigenvalue weighted by molar-refractivity contribution is 5.82. The Morgan fingerprint density at radius 2 is 1.68 bits per heavy atom. The van der Waals surface area contributed by atoms with Gasteiger partial charge in [-0.25, -0.2) is 0 Å². The Bertz CT molecular complexity index is 599. The van der Waals surface area contributed by atoms with Crippen LogP contribution in [0.4, 0.5) is 0 Å². The molecule has 0 saturated carbocycles. The van der Waals surface area contributed by atoms with Crippen molar-refractivity contribution in [2.45, 2.75) is 26.0 Å². The lowest BCUT2D eigenvalue weighted by Gasteiger charge is -2.40. The smallest absolute Gasteiger partial charge is 0.239 e. The van der Waals surface area contributed by atoms with E-state index in [4.69, 9.17) is 4.74 Å². The molecule has 1 aromatic carbocycles. The lowest BCUT2D eigenvalue weighted by atomic mass is 10.1. The number of amides is 2. The molecule has 0 aliphatic carbocycles. The van der Waals surface area contributed by atoms with Gasteiger partial charge in [-0.3, -0.25) is 14.5 Å². The fourth-order valence-electron chi connectivity index (χ4n) is 3.55. The molecular formula is C19H27N3O3. The van der Waals surface area contributed by atoms with Crippen LogP contribution < -0.4 is 0 Å². The normalized spacial score (nSPS) is 23.4. The molecular weight excluding hydrogens is 318 g/mol. The van der Waals surface area contributed by atoms with E-state index in [0.29, 0.717) is 32.8 Å². The summed E-state index contributed by atoms with van der Waals surface area (Å²) in [7, 11) is 0. The first kappa shape index (κ1) is 17.9. The zero-order valence-corrected chi connectivity index (χ0v) is 15.1. The van der Waals surface area contributed by atoms with Gasteiger partial charge in [0.25, 0.3) is 0 Å². The van der Waals surface area contributed by atoms with Crippen LogP contribution in [0.25, 0.3) is 0 Å². The summed E-state index contributed by atoms with van der Waals surface area (Å²) in [5, 5.41) is 0. The van der Waals surface area contributed by atoms with Crippen LogP contribution >= 0.6 is 0 Å². The first-order chi connectivity index (χ1) is 12.1. The summed E-state index contributed by atoms with van der Waals surface area (Å²) in [6.07, 6.45) is 0.0137. The maximum Gasteiger partial charge on any atom is 0.239 e. The van der Waals surface area contributed by atoms with Crippen LogP contribution in [0, 0.1) is 0 Å². The second-order valence-corrected chi connectivity index (χ2v) is 6.77. The number of piperazine rings is 1. The number of rotatable bonds is 3. The first-order valence-electron chi connectivity index (χ1n) is 9.01. The van der Waals surface area contributed by atoms with Crippen molar-refractivity contribution >= 4 is 11.8 Å². The second kappa shape index (κ2) is 7.97. The van der Waals surface area contributed by atoms with E-state index in [1.807, 2.05) is 30.0 Å². The zero-order chi connectivity index (χ0) is 17.8. The van der Waals surface area contributed by atoms with E-state index in [9.17, 15) is 9.59 Å². The number of hydrogen-bond acceptors (Lipinski definition) is 4. The highest BCUT2D eigenvalue weighted by Crippen LogP contribution is 2.23. The summed E-state index contributed by atoms with van der Waals surface area (Å²) in [5.41, 5.74) is 1.15. The van der Waals surface area contributed by atoms with Gasteiger partial charge in [0.15, 0.2) is 0 Å². The van der Waals surface area contributed by atoms with Crippen LogP contribution in [0.15, 0.2) is 30.3 Å². The fraction of sp³-hybridized carbons (Fsp3) is 0.579. The number of benzene rings is 1. The molecule has 2 saturated heterocycles. The lowest BCUT2D eigenvalue weighted by molar-refractivity contribution is -0.144. The van der Waals surface area contributed by atoms with Crippen molar-refractivity contribution in [3.05, 3.63) is 35.9 Å². The Balaban J connectivity index is 1.58. The van der Waals surface area contributed by atoms with E-state index in [0.717, 1.165) is 18.7 Å². The van der Waals surface area contributed by atoms with Gasteiger partial charge in [-0.15, -0.1) is 0 Å². The van der Waals surface area contributed by atoms with E-state index >= 15 is 0 Å². The van der Waals surface area contributed by atoms with E-state index in [1.54, 1.807) is 11.8 Å². The number of ether oxygens (including phenoxy) is 1. The molecule has 2 aliphatic heterocycles. The average Bonchev–Trinajstić information content (AvgIpc) is 2.67. The van der Waals surface area contributed by atoms with Crippen LogP contribution in [0.2, 0.25) is 0 Å². The van der Waals surface area contributed by atoms with Crippen LogP contribution in [0.5, 0.6) is 0 Å². The van der Waals surface area contributed by atoms with Gasteiger partial charge in [-0.05, 0) is 12.5 Å². The highest BCUT2D eigenvalue weighted by atomic mass is 16.5. The van der Waals surface area contributed by atoms with Gasteiger partial charge in [0.1, 0.15) is 0 Å². The third-order valence-corrected chi connectivity index (χ3v) is 5.21. The van der Waals surface area contributed by atoms with E-state index in [1.165, 1.54) is 0 Å². The van der Waals surface area contributed by atoms with Gasteiger partial charge in [0.2, 0.25) is 11.8 Å². The van der Waals surface area contributed by atoms with Crippen molar-refractivity contribution in [1.82, 2.24) is 14.7 Å². The van der Waals surface area contributed by atoms with Gasteiger partial charge in [-0.1, -0.05) is 30.3 Å². The van der Waals surface area contributed by atoms with Crippen molar-refractivity contribution < 1.29 is 14.3 Å². The van der Waals surface area contributed by atoms with Crippen LogP contribution in [0.3, 0.4) is 0 Å². The predicted octanol–water partition coefficient (Wildman–Crippen LogP) is 1.14. The van der Waals surface area contributed by atoms with Crippen molar-refractivity contribution in [2.75, 3.05) is 45.9 Å². The lowest BCUT2D eigenvalue weighted by Crippen LogP contribution is -2.56. The third-order valence-electron chi connectivity index (χ3n) is 5.21. The van der Waals surface area contributed by atoms with Gasteiger partial charge in [0, 0.05) is 46.2 Å². The molecule has 3 rings (SSSR count). The molecule has 0 spiro atoms. The molecule has 2 unspecified atom stereocenters. The Labute approximate surface area is 149 Å². The number of nitrogens with zero attached hydrogens (tertiary/aromatic N) is 3. The minimum atomic E-state index is -0.168. The molecule has 2 fully saturated rings. The van der Waals surface area contributed by atoms with Gasteiger partial charge < -0.3 is 14.5 Å². The second-order valence-electron chi connectivity index (χ2n) is 6.77. The quantitative estimate of drug-likeness (QED) is 0.824. The largest absolute Gasteiger partial charge is 0.371 e. The van der Waals surface area contributed by atoms with E-state index in [-0.39, 0.29) is 24.0 Å². The maximum absolute atomic E-state index is 12.9. The molecule has 2 amide bonds. The topological polar surface area (TPSA) is 53.1 Å². The molecule has 25 heavy (non-hydrogen) atoms. The molecule has 0 aromatic heterocycles. The fourth-order valence-corrected chi connectivity index (χ4v) is 3.55. The monoisotopic (exact) mass is 345 g/mol. The predicted molar refractivity (Wildman–Crippen MR) is 95.0 cm³/mol. The van der Waals surface area contributed by atoms with Crippen molar-refractivity contribution in [1.29, 1.82) is 0 Å². The Morgan fingerprint density at radius 3 is 2.32 bits per heavy atom. The third kappa shape index (κ3) is 4.19. The summed E-state index contributed by atoms with van der Waals surface area (Å²) in [6.45, 7) is 8.19. The first-order valence-corrected chi connectivity index (χ1v) is 9.01. The standard InChI is InChI=1S/C19H27N3O3/c1-15(19(24)21-10-8-20(9-11-21)16(2)23)22-12-13-25-18(14-22)17-6-4-3-5-7-17/h3-7,15,18H,8-14H2,1-2H3. The molecule has 6 nitrogen and oxygen atoms in total. The summed E-state index contributed by atoms with van der Waals surface area (Å²) in [5.74, 6) is 0.232. The molecule has 136 valence electrons. The highest BCUT2D eigenvalue weighted by Gasteiger charge is 2.32. The summed E-state index contributed by atoms with van der Waals surface area (Å²) in [4.78, 5) is 30.2. The molecule has 6 heteroatoms. The number of carbonyl (C=O) groups excluding carboxylic acids is 2. The Kier molecular flexibility index (Phi) is 5.71. The van der Waals surface area contributed by atoms with Crippen molar-refractivity contribution in [3.8, 4) is 0 Å². The average molecular weight is 345 g/mol. The molecule has 2 heterocycles. The van der Waals surface area contributed by atoms with Gasteiger partial charge in [-0.2, -0.15) is 0 Å². The molecule has 1 aromatic rings. The minimum Gasteiger partial charge on any atom is -0.371 e. The number of morpholine rings is 1. The van der Waals surface area contributed by atoms with Crippen molar-refractivity contribution in [3.63, 3.8) is 0 Å². The molecule has 2 atom stereocenters. The number of hydrogen-bond donors (Lipinski definition) is 0. The maximum atomic E-state index is 12.9. The summed E-state index contributed by atoms with van der Waals surface area (Å²) in [6, 6.07) is 10.0. The van der Waals surface area contributed by atoms with Crippen molar-refractivity contribution in [2.24, 2.45) is 0 Å². The van der Waals surface area contributed by atoms with Gasteiger partial charge in [0.05, 0.1) is 18.8 Å². The SMILES string of the molecule is CC(=O)N1CCN(C(=O)C(C)N2CCOC(c3ccccc3)C2)CC1. The Hall–Kier alpha value is -1.92. The van der Waals surface area contributed by atoms with Crippen LogP contribution in [-0.2, 0) is 14.3 Å². The van der Waals surface area contributed by atoms with Crippen LogP contribution in [0.1, 0.15) is 25.5 Å². The molecule has 0 radical (unpaired) electrons. The van der Waals surface area contributed by atoms with E-state index < -0.39 is 0 Å². The molecule has 0 N–H and O–H groups in total. The molecule has 2 aliphatic rings.